The van der Waals surface area contributed by atoms with Gasteiger partial charge in [-0.15, -0.1) is 0 Å². The molecule has 1 aromatic carbocycles. The number of carbonyl (C=O) groups is 1. The third-order valence-electron chi connectivity index (χ3n) is 2.52. The molecule has 4 nitrogen and oxygen atoms in total. The zero-order chi connectivity index (χ0) is 12.8. The van der Waals surface area contributed by atoms with E-state index in [1.165, 1.54) is 0 Å². The third-order valence-corrected chi connectivity index (χ3v) is 2.52. The van der Waals surface area contributed by atoms with Crippen LogP contribution in [0, 0.1) is 24.2 Å². The molecule has 1 atom stereocenters. The maximum absolute atomic E-state index is 10.5. The number of benzene rings is 1. The first-order valence-corrected chi connectivity index (χ1v) is 5.49. The van der Waals surface area contributed by atoms with Crippen molar-refractivity contribution >= 4 is 11.7 Å². The lowest BCUT2D eigenvalue weighted by molar-refractivity contribution is -0.137. The minimum atomic E-state index is -0.782. The number of anilines is 1. The molecule has 0 amide bonds. The molecule has 0 saturated carbocycles. The summed E-state index contributed by atoms with van der Waals surface area (Å²) in [6, 6.07) is 7.60. The summed E-state index contributed by atoms with van der Waals surface area (Å²) in [5.74, 6) is -0.709. The van der Waals surface area contributed by atoms with Crippen LogP contribution in [0.4, 0.5) is 5.69 Å². The van der Waals surface area contributed by atoms with E-state index in [1.54, 1.807) is 6.07 Å². The fourth-order valence-corrected chi connectivity index (χ4v) is 1.56. The van der Waals surface area contributed by atoms with Crippen LogP contribution in [0.1, 0.15) is 24.5 Å². The molecule has 4 heteroatoms. The Morgan fingerprint density at radius 2 is 2.29 bits per heavy atom. The summed E-state index contributed by atoms with van der Waals surface area (Å²) >= 11 is 0. The van der Waals surface area contributed by atoms with Gasteiger partial charge in [-0.25, -0.2) is 0 Å². The second-order valence-corrected chi connectivity index (χ2v) is 4.23. The number of nitrogens with one attached hydrogen (secondary N) is 1. The second kappa shape index (κ2) is 5.90. The van der Waals surface area contributed by atoms with Crippen molar-refractivity contribution in [1.29, 1.82) is 5.26 Å². The Hall–Kier alpha value is -2.02. The Balaban J connectivity index is 2.56. The monoisotopic (exact) mass is 232 g/mol. The van der Waals surface area contributed by atoms with Gasteiger partial charge in [0, 0.05) is 18.7 Å². The number of rotatable bonds is 5. The molecule has 0 aliphatic rings. The van der Waals surface area contributed by atoms with Gasteiger partial charge >= 0.3 is 5.97 Å². The van der Waals surface area contributed by atoms with Crippen LogP contribution in [0.25, 0.3) is 0 Å². The van der Waals surface area contributed by atoms with Gasteiger partial charge in [-0.2, -0.15) is 5.26 Å². The molecule has 2 N–H and O–H groups in total. The highest BCUT2D eigenvalue weighted by molar-refractivity contribution is 5.67. The predicted octanol–water partition coefficient (Wildman–Crippen LogP) is 2.39. The van der Waals surface area contributed by atoms with Crippen LogP contribution < -0.4 is 5.32 Å². The molecule has 1 unspecified atom stereocenters. The number of nitriles is 1. The molecule has 0 spiro atoms. The van der Waals surface area contributed by atoms with E-state index in [4.69, 9.17) is 10.4 Å². The number of aryl methyl sites for hydroxylation is 1. The summed E-state index contributed by atoms with van der Waals surface area (Å²) in [7, 11) is 0. The molecule has 1 rings (SSSR count). The zero-order valence-corrected chi connectivity index (χ0v) is 10.0. The van der Waals surface area contributed by atoms with Crippen molar-refractivity contribution in [2.24, 2.45) is 5.92 Å². The average Bonchev–Trinajstić information content (AvgIpc) is 2.25. The summed E-state index contributed by atoms with van der Waals surface area (Å²) < 4.78 is 0. The van der Waals surface area contributed by atoms with Gasteiger partial charge < -0.3 is 10.4 Å². The van der Waals surface area contributed by atoms with Crippen LogP contribution in [0.5, 0.6) is 0 Å². The molecule has 90 valence electrons. The second-order valence-electron chi connectivity index (χ2n) is 4.23. The summed E-state index contributed by atoms with van der Waals surface area (Å²) in [6.45, 7) is 4.37. The maximum atomic E-state index is 10.5. The molecule has 0 radical (unpaired) electrons. The Labute approximate surface area is 101 Å². The largest absolute Gasteiger partial charge is 0.481 e. The van der Waals surface area contributed by atoms with Crippen LogP contribution in [-0.2, 0) is 4.79 Å². The van der Waals surface area contributed by atoms with Crippen molar-refractivity contribution in [2.45, 2.75) is 20.3 Å². The van der Waals surface area contributed by atoms with E-state index in [0.717, 1.165) is 11.3 Å². The smallest absolute Gasteiger partial charge is 0.303 e. The zero-order valence-electron chi connectivity index (χ0n) is 10.0. The standard InChI is InChI=1S/C13H16N2O2/c1-9(5-13(16)17)8-15-12-4-3-11(7-14)10(2)6-12/h3-4,6,9,15H,5,8H2,1-2H3,(H,16,17). The van der Waals surface area contributed by atoms with Gasteiger partial charge in [-0.3, -0.25) is 4.79 Å². The highest BCUT2D eigenvalue weighted by Gasteiger charge is 2.07. The highest BCUT2D eigenvalue weighted by Crippen LogP contribution is 2.15. The number of hydrogen-bond acceptors (Lipinski definition) is 3. The predicted molar refractivity (Wildman–Crippen MR) is 65.8 cm³/mol. The van der Waals surface area contributed by atoms with Gasteiger partial charge in [0.05, 0.1) is 11.6 Å². The van der Waals surface area contributed by atoms with Gasteiger partial charge in [-0.1, -0.05) is 6.92 Å². The quantitative estimate of drug-likeness (QED) is 0.817. The average molecular weight is 232 g/mol. The lowest BCUT2D eigenvalue weighted by Gasteiger charge is -2.12. The number of aliphatic carboxylic acids is 1. The summed E-state index contributed by atoms with van der Waals surface area (Å²) in [4.78, 5) is 10.5. The number of carboxylic acid groups (broad SMARTS) is 1. The van der Waals surface area contributed by atoms with E-state index in [1.807, 2.05) is 26.0 Å². The Morgan fingerprint density at radius 3 is 2.82 bits per heavy atom. The molecule has 0 aliphatic carbocycles. The fourth-order valence-electron chi connectivity index (χ4n) is 1.56. The first-order chi connectivity index (χ1) is 8.02. The van der Waals surface area contributed by atoms with Crippen molar-refractivity contribution in [3.8, 4) is 6.07 Å². The number of carboxylic acids is 1. The van der Waals surface area contributed by atoms with Crippen LogP contribution >= 0.6 is 0 Å². The van der Waals surface area contributed by atoms with Crippen LogP contribution in [0.3, 0.4) is 0 Å². The SMILES string of the molecule is Cc1cc(NCC(C)CC(=O)O)ccc1C#N. The van der Waals surface area contributed by atoms with Gasteiger partial charge in [0.2, 0.25) is 0 Å². The molecule has 0 aromatic heterocycles. The number of nitrogens with zero attached hydrogens (tertiary/aromatic N) is 1. The third kappa shape index (κ3) is 4.15. The van der Waals surface area contributed by atoms with Crippen molar-refractivity contribution in [3.05, 3.63) is 29.3 Å². The van der Waals surface area contributed by atoms with Crippen LogP contribution in [0.15, 0.2) is 18.2 Å². The summed E-state index contributed by atoms with van der Waals surface area (Å²) in [5.41, 5.74) is 2.50. The molecule has 0 fully saturated rings. The number of hydrogen-bond donors (Lipinski definition) is 2. The summed E-state index contributed by atoms with van der Waals surface area (Å²) in [5, 5.41) is 20.6. The van der Waals surface area contributed by atoms with Gasteiger partial charge in [0.15, 0.2) is 0 Å². The van der Waals surface area contributed by atoms with E-state index >= 15 is 0 Å². The molecule has 1 aromatic rings. The van der Waals surface area contributed by atoms with Crippen LogP contribution in [-0.4, -0.2) is 17.6 Å². The van der Waals surface area contributed by atoms with Gasteiger partial charge in [0.25, 0.3) is 0 Å². The fraction of sp³-hybridized carbons (Fsp3) is 0.385. The van der Waals surface area contributed by atoms with E-state index in [2.05, 4.69) is 11.4 Å². The molecular weight excluding hydrogens is 216 g/mol. The van der Waals surface area contributed by atoms with E-state index in [9.17, 15) is 4.79 Å². The summed E-state index contributed by atoms with van der Waals surface area (Å²) in [6.07, 6.45) is 0.155. The minimum Gasteiger partial charge on any atom is -0.481 e. The van der Waals surface area contributed by atoms with Crippen molar-refractivity contribution in [2.75, 3.05) is 11.9 Å². The molecule has 0 saturated heterocycles. The normalized spacial score (nSPS) is 11.6. The van der Waals surface area contributed by atoms with E-state index < -0.39 is 5.97 Å². The molecule has 0 heterocycles. The minimum absolute atomic E-state index is 0.0726. The molecular formula is C13H16N2O2. The first kappa shape index (κ1) is 13.0. The maximum Gasteiger partial charge on any atom is 0.303 e. The molecule has 0 aliphatic heterocycles. The lowest BCUT2D eigenvalue weighted by atomic mass is 10.1. The highest BCUT2D eigenvalue weighted by atomic mass is 16.4. The first-order valence-electron chi connectivity index (χ1n) is 5.49. The Morgan fingerprint density at radius 1 is 1.59 bits per heavy atom. The molecule has 17 heavy (non-hydrogen) atoms. The van der Waals surface area contributed by atoms with E-state index in [0.29, 0.717) is 12.1 Å². The van der Waals surface area contributed by atoms with Crippen molar-refractivity contribution in [1.82, 2.24) is 0 Å². The Kier molecular flexibility index (Phi) is 4.53. The molecule has 0 bridgehead atoms. The van der Waals surface area contributed by atoms with E-state index in [-0.39, 0.29) is 12.3 Å². The lowest BCUT2D eigenvalue weighted by Crippen LogP contribution is -2.14. The van der Waals surface area contributed by atoms with Crippen LogP contribution in [0.2, 0.25) is 0 Å². The van der Waals surface area contributed by atoms with Crippen molar-refractivity contribution in [3.63, 3.8) is 0 Å². The van der Waals surface area contributed by atoms with Gasteiger partial charge in [-0.05, 0) is 36.6 Å². The van der Waals surface area contributed by atoms with Gasteiger partial charge in [0.1, 0.15) is 0 Å². The Bertz CT molecular complexity index is 449. The van der Waals surface area contributed by atoms with Crippen molar-refractivity contribution < 1.29 is 9.90 Å². The topological polar surface area (TPSA) is 73.1 Å².